The third kappa shape index (κ3) is 4.22. The number of likely N-dealkylation sites (tertiary alicyclic amines) is 1. The summed E-state index contributed by atoms with van der Waals surface area (Å²) in [5.74, 6) is -0.0235. The van der Waals surface area contributed by atoms with Crippen molar-refractivity contribution in [2.24, 2.45) is 0 Å². The second-order valence-corrected chi connectivity index (χ2v) is 8.27. The van der Waals surface area contributed by atoms with Crippen LogP contribution in [0.5, 0.6) is 0 Å². The molecule has 1 amide bonds. The highest BCUT2D eigenvalue weighted by Gasteiger charge is 2.30. The van der Waals surface area contributed by atoms with E-state index in [1.165, 1.54) is 55.7 Å². The molecule has 4 heteroatoms. The lowest BCUT2D eigenvalue weighted by Gasteiger charge is -2.40. The van der Waals surface area contributed by atoms with Gasteiger partial charge in [-0.05, 0) is 61.9 Å². The number of para-hydroxylation sites is 1. The van der Waals surface area contributed by atoms with Crippen LogP contribution in [0.4, 0.5) is 11.4 Å². The maximum atomic E-state index is 11.2. The number of piperidine rings is 1. The van der Waals surface area contributed by atoms with Crippen molar-refractivity contribution in [2.75, 3.05) is 29.9 Å². The Hall–Kier alpha value is -2.33. The zero-order valence-corrected chi connectivity index (χ0v) is 17.0. The first-order chi connectivity index (χ1) is 13.6. The maximum Gasteiger partial charge on any atom is 0.221 e. The van der Waals surface area contributed by atoms with E-state index in [4.69, 9.17) is 0 Å². The highest BCUT2D eigenvalue weighted by Crippen LogP contribution is 2.32. The molecule has 0 aromatic heterocycles. The van der Waals surface area contributed by atoms with E-state index >= 15 is 0 Å². The van der Waals surface area contributed by atoms with Crippen molar-refractivity contribution in [3.63, 3.8) is 0 Å². The Morgan fingerprint density at radius 2 is 1.79 bits per heavy atom. The number of anilines is 2. The Balaban J connectivity index is 1.29. The van der Waals surface area contributed by atoms with Crippen molar-refractivity contribution in [3.05, 3.63) is 59.7 Å². The first kappa shape index (κ1) is 19.0. The van der Waals surface area contributed by atoms with Crippen molar-refractivity contribution in [1.82, 2.24) is 4.90 Å². The van der Waals surface area contributed by atoms with E-state index in [1.807, 2.05) is 12.1 Å². The molecule has 2 heterocycles. The van der Waals surface area contributed by atoms with E-state index in [-0.39, 0.29) is 5.91 Å². The molecule has 2 aromatic carbocycles. The van der Waals surface area contributed by atoms with Crippen LogP contribution in [0.1, 0.15) is 37.8 Å². The van der Waals surface area contributed by atoms with Gasteiger partial charge in [-0.1, -0.05) is 30.3 Å². The zero-order valence-electron chi connectivity index (χ0n) is 17.0. The first-order valence-corrected chi connectivity index (χ1v) is 10.6. The Labute approximate surface area is 168 Å². The van der Waals surface area contributed by atoms with E-state index < -0.39 is 0 Å². The van der Waals surface area contributed by atoms with Gasteiger partial charge in [0.25, 0.3) is 0 Å². The van der Waals surface area contributed by atoms with Gasteiger partial charge in [0.1, 0.15) is 0 Å². The molecule has 2 aliphatic heterocycles. The molecule has 4 rings (SSSR count). The summed E-state index contributed by atoms with van der Waals surface area (Å²) >= 11 is 0. The number of carbonyl (C=O) groups is 1. The molecule has 4 nitrogen and oxygen atoms in total. The van der Waals surface area contributed by atoms with Crippen LogP contribution in [0.15, 0.2) is 48.5 Å². The van der Waals surface area contributed by atoms with E-state index in [9.17, 15) is 4.79 Å². The average Bonchev–Trinajstić information content (AvgIpc) is 3.13. The highest BCUT2D eigenvalue weighted by atomic mass is 16.1. The standard InChI is InChI=1S/C24H31N3O/c1-18(17-20-7-9-22(10-8-20)25-19(2)28)26-14-12-23(13-15-26)27-16-11-21-5-3-4-6-24(21)27/h3-10,18,23H,11-17H2,1-2H3,(H,25,28). The number of nitrogens with zero attached hydrogens (tertiary/aromatic N) is 2. The third-order valence-electron chi connectivity index (χ3n) is 6.29. The number of rotatable bonds is 5. The maximum absolute atomic E-state index is 11.2. The summed E-state index contributed by atoms with van der Waals surface area (Å²) in [5, 5.41) is 2.83. The number of fused-ring (bicyclic) bond motifs is 1. The van der Waals surface area contributed by atoms with Gasteiger partial charge in [0.05, 0.1) is 0 Å². The summed E-state index contributed by atoms with van der Waals surface area (Å²) < 4.78 is 0. The number of nitrogens with one attached hydrogen (secondary N) is 1. The van der Waals surface area contributed by atoms with Crippen molar-refractivity contribution in [1.29, 1.82) is 0 Å². The molecule has 2 aromatic rings. The van der Waals surface area contributed by atoms with Gasteiger partial charge in [-0.3, -0.25) is 4.79 Å². The molecule has 1 atom stereocenters. The average molecular weight is 378 g/mol. The predicted molar refractivity (Wildman–Crippen MR) is 116 cm³/mol. The molecule has 2 aliphatic rings. The van der Waals surface area contributed by atoms with Gasteiger partial charge < -0.3 is 15.1 Å². The van der Waals surface area contributed by atoms with E-state index in [1.54, 1.807) is 6.92 Å². The number of carbonyl (C=O) groups excluding carboxylic acids is 1. The van der Waals surface area contributed by atoms with Gasteiger partial charge in [-0.25, -0.2) is 0 Å². The summed E-state index contributed by atoms with van der Waals surface area (Å²) in [6.45, 7) is 7.41. The van der Waals surface area contributed by atoms with Crippen molar-refractivity contribution >= 4 is 17.3 Å². The fraction of sp³-hybridized carbons (Fsp3) is 0.458. The first-order valence-electron chi connectivity index (χ1n) is 10.6. The van der Waals surface area contributed by atoms with Crippen LogP contribution < -0.4 is 10.2 Å². The highest BCUT2D eigenvalue weighted by molar-refractivity contribution is 5.88. The molecule has 0 aliphatic carbocycles. The van der Waals surface area contributed by atoms with E-state index in [0.29, 0.717) is 12.1 Å². The van der Waals surface area contributed by atoms with Crippen LogP contribution in [0.3, 0.4) is 0 Å². The second-order valence-electron chi connectivity index (χ2n) is 8.27. The number of amides is 1. The van der Waals surface area contributed by atoms with E-state index in [2.05, 4.69) is 58.4 Å². The quantitative estimate of drug-likeness (QED) is 0.852. The van der Waals surface area contributed by atoms with Crippen molar-refractivity contribution in [3.8, 4) is 0 Å². The third-order valence-corrected chi connectivity index (χ3v) is 6.29. The number of benzene rings is 2. The molecule has 0 radical (unpaired) electrons. The molecule has 1 unspecified atom stereocenters. The summed E-state index contributed by atoms with van der Waals surface area (Å²) in [6, 6.07) is 18.4. The fourth-order valence-corrected chi connectivity index (χ4v) is 4.78. The predicted octanol–water partition coefficient (Wildman–Crippen LogP) is 4.10. The summed E-state index contributed by atoms with van der Waals surface area (Å²) in [6.07, 6.45) is 4.75. The van der Waals surface area contributed by atoms with Gasteiger partial charge in [-0.15, -0.1) is 0 Å². The lowest BCUT2D eigenvalue weighted by atomic mass is 9.99. The fourth-order valence-electron chi connectivity index (χ4n) is 4.78. The summed E-state index contributed by atoms with van der Waals surface area (Å²) in [4.78, 5) is 16.4. The Bertz CT molecular complexity index is 809. The van der Waals surface area contributed by atoms with Crippen LogP contribution in [-0.2, 0) is 17.6 Å². The lowest BCUT2D eigenvalue weighted by Crippen LogP contribution is -2.47. The number of hydrogen-bond donors (Lipinski definition) is 1. The molecule has 0 spiro atoms. The smallest absolute Gasteiger partial charge is 0.221 e. The van der Waals surface area contributed by atoms with Crippen LogP contribution in [0, 0.1) is 0 Å². The van der Waals surface area contributed by atoms with Crippen LogP contribution >= 0.6 is 0 Å². The Morgan fingerprint density at radius 1 is 1.07 bits per heavy atom. The van der Waals surface area contributed by atoms with Gasteiger partial charge in [-0.2, -0.15) is 0 Å². The molecule has 0 bridgehead atoms. The van der Waals surface area contributed by atoms with Crippen molar-refractivity contribution < 1.29 is 4.79 Å². The minimum atomic E-state index is -0.0235. The van der Waals surface area contributed by atoms with Crippen LogP contribution in [-0.4, -0.2) is 42.5 Å². The minimum absolute atomic E-state index is 0.0235. The van der Waals surface area contributed by atoms with Gasteiger partial charge in [0.2, 0.25) is 5.91 Å². The van der Waals surface area contributed by atoms with E-state index in [0.717, 1.165) is 12.1 Å². The molecule has 0 saturated carbocycles. The zero-order chi connectivity index (χ0) is 19.5. The lowest BCUT2D eigenvalue weighted by molar-refractivity contribution is -0.114. The second kappa shape index (κ2) is 8.36. The molecule has 1 N–H and O–H groups in total. The van der Waals surface area contributed by atoms with Gasteiger partial charge >= 0.3 is 0 Å². The minimum Gasteiger partial charge on any atom is -0.368 e. The van der Waals surface area contributed by atoms with Crippen LogP contribution in [0.2, 0.25) is 0 Å². The Morgan fingerprint density at radius 3 is 2.50 bits per heavy atom. The molecule has 28 heavy (non-hydrogen) atoms. The molecule has 1 saturated heterocycles. The largest absolute Gasteiger partial charge is 0.368 e. The monoisotopic (exact) mass is 377 g/mol. The number of hydrogen-bond acceptors (Lipinski definition) is 3. The topological polar surface area (TPSA) is 35.6 Å². The molecular formula is C24H31N3O. The Kier molecular flexibility index (Phi) is 5.67. The molecule has 148 valence electrons. The summed E-state index contributed by atoms with van der Waals surface area (Å²) in [7, 11) is 0. The van der Waals surface area contributed by atoms with Crippen molar-refractivity contribution in [2.45, 2.75) is 51.6 Å². The SMILES string of the molecule is CC(=O)Nc1ccc(CC(C)N2CCC(N3CCc4ccccc43)CC2)cc1. The van der Waals surface area contributed by atoms with Gasteiger partial charge in [0.15, 0.2) is 0 Å². The van der Waals surface area contributed by atoms with Crippen LogP contribution in [0.25, 0.3) is 0 Å². The molecule has 1 fully saturated rings. The van der Waals surface area contributed by atoms with Gasteiger partial charge in [0, 0.05) is 50.0 Å². The normalized spacial score (nSPS) is 18.7. The molecular weight excluding hydrogens is 346 g/mol. The summed E-state index contributed by atoms with van der Waals surface area (Å²) in [5.41, 5.74) is 5.18.